The first-order valence-electron chi connectivity index (χ1n) is 15.0. The van der Waals surface area contributed by atoms with Crippen LogP contribution in [0, 0.1) is 12.1 Å². The first kappa shape index (κ1) is 33.1. The van der Waals surface area contributed by atoms with E-state index in [-0.39, 0.29) is 18.4 Å². The number of nitrogens with zero attached hydrogens (tertiary/aromatic N) is 1. The molecular formula is C33H45N3O6S. The van der Waals surface area contributed by atoms with Gasteiger partial charge in [-0.25, -0.2) is 0 Å². The van der Waals surface area contributed by atoms with Crippen molar-refractivity contribution >= 4 is 23.0 Å². The molecule has 0 spiro atoms. The van der Waals surface area contributed by atoms with Crippen LogP contribution in [0.15, 0.2) is 42.5 Å². The van der Waals surface area contributed by atoms with Crippen LogP contribution in [0.2, 0.25) is 0 Å². The van der Waals surface area contributed by atoms with Crippen molar-refractivity contribution < 1.29 is 29.6 Å². The lowest BCUT2D eigenvalue weighted by Gasteiger charge is -2.39. The van der Waals surface area contributed by atoms with Crippen molar-refractivity contribution in [3.8, 4) is 5.18 Å². The Labute approximate surface area is 258 Å². The van der Waals surface area contributed by atoms with E-state index in [0.717, 1.165) is 40.8 Å². The number of nitrogens with one attached hydrogen (secondary N) is 2. The highest BCUT2D eigenvalue weighted by Crippen LogP contribution is 2.33. The maximum absolute atomic E-state index is 12.2. The van der Waals surface area contributed by atoms with E-state index in [1.807, 2.05) is 25.1 Å². The summed E-state index contributed by atoms with van der Waals surface area (Å²) >= 11 is 1.27. The molecule has 234 valence electrons. The predicted octanol–water partition coefficient (Wildman–Crippen LogP) is 2.08. The van der Waals surface area contributed by atoms with Gasteiger partial charge >= 0.3 is 0 Å². The Balaban J connectivity index is 1.22. The Morgan fingerprint density at radius 3 is 2.42 bits per heavy atom. The molecule has 2 aliphatic rings. The van der Waals surface area contributed by atoms with Crippen LogP contribution in [0.4, 0.5) is 0 Å². The summed E-state index contributed by atoms with van der Waals surface area (Å²) in [6.07, 6.45) is 1.35. The van der Waals surface area contributed by atoms with E-state index < -0.39 is 30.5 Å². The number of rotatable bonds is 13. The van der Waals surface area contributed by atoms with Crippen LogP contribution < -0.4 is 10.6 Å². The molecule has 1 aliphatic heterocycles. The number of carbonyl (C=O) groups excluding carboxylic acids is 2. The van der Waals surface area contributed by atoms with Crippen LogP contribution in [0.25, 0.3) is 0 Å². The van der Waals surface area contributed by atoms with Crippen molar-refractivity contribution in [2.75, 3.05) is 32.9 Å². The minimum absolute atomic E-state index is 0.00490. The number of carbonyl (C=O) groups is 2. The molecule has 1 heterocycles. The van der Waals surface area contributed by atoms with E-state index in [1.165, 1.54) is 24.0 Å². The molecule has 1 saturated carbocycles. The van der Waals surface area contributed by atoms with Crippen molar-refractivity contribution in [2.24, 2.45) is 0 Å². The maximum atomic E-state index is 12.2. The van der Waals surface area contributed by atoms with Gasteiger partial charge in [0, 0.05) is 31.8 Å². The van der Waals surface area contributed by atoms with Crippen LogP contribution in [0.1, 0.15) is 59.6 Å². The van der Waals surface area contributed by atoms with Gasteiger partial charge in [0.05, 0.1) is 6.54 Å². The van der Waals surface area contributed by atoms with Crippen LogP contribution >= 0.6 is 11.2 Å². The summed E-state index contributed by atoms with van der Waals surface area (Å²) in [5, 5.41) is 39.8. The molecule has 0 aromatic heterocycles. The molecule has 0 bridgehead atoms. The Kier molecular flexibility index (Phi) is 12.1. The molecule has 4 rings (SSSR count). The molecular weight excluding hydrogens is 566 g/mol. The number of hydrogen-bond donors (Lipinski definition) is 5. The second kappa shape index (κ2) is 15.8. The van der Waals surface area contributed by atoms with E-state index in [1.54, 1.807) is 6.26 Å². The molecule has 2 amide bonds. The molecule has 2 aromatic rings. The highest BCUT2D eigenvalue weighted by Gasteiger charge is 2.43. The third-order valence-electron chi connectivity index (χ3n) is 8.24. The third-order valence-corrected chi connectivity index (χ3v) is 8.71. The summed E-state index contributed by atoms with van der Waals surface area (Å²) < 4.78 is 5.94. The van der Waals surface area contributed by atoms with Gasteiger partial charge in [-0.2, -0.15) is 0 Å². The summed E-state index contributed by atoms with van der Waals surface area (Å²) in [7, 11) is 2.07. The van der Waals surface area contributed by atoms with Gasteiger partial charge < -0.3 is 35.6 Å². The second-order valence-corrected chi connectivity index (χ2v) is 12.3. The van der Waals surface area contributed by atoms with Crippen molar-refractivity contribution in [3.63, 3.8) is 0 Å². The smallest absolute Gasteiger partial charge is 0.239 e. The summed E-state index contributed by atoms with van der Waals surface area (Å²) in [5.41, 5.74) is 5.17. The van der Waals surface area contributed by atoms with Gasteiger partial charge in [0.2, 0.25) is 11.8 Å². The van der Waals surface area contributed by atoms with Gasteiger partial charge in [0.1, 0.15) is 30.5 Å². The van der Waals surface area contributed by atoms with Crippen LogP contribution in [0.3, 0.4) is 0 Å². The van der Waals surface area contributed by atoms with E-state index in [9.17, 15) is 24.9 Å². The summed E-state index contributed by atoms with van der Waals surface area (Å²) in [6, 6.07) is 14.8. The molecule has 2 aromatic carbocycles. The average Bonchev–Trinajstić information content (AvgIpc) is 3.84. The number of amides is 2. The standard InChI is InChI=1S/C33H45N3O6S/c1-21-7-12-24(33-32(41)31(40)30(39)27(42-33)20-43-3)18-25(21)17-23-10-8-22(9-11-23)5-4-6-28(37)35-19-29(38)34-15-16-36(2)26-13-14-26/h7-12,18,26-27,30-33,39-41H,4-6,13-17,19H2,1-3H3,(H,34,38)(H,35,37)/t27?,30-,31+,32-,33+/m1/s1. The minimum Gasteiger partial charge on any atom is -0.387 e. The molecule has 1 saturated heterocycles. The van der Waals surface area contributed by atoms with Crippen LogP contribution in [0.5, 0.6) is 0 Å². The van der Waals surface area contributed by atoms with Gasteiger partial charge in [0.25, 0.3) is 0 Å². The molecule has 9 nitrogen and oxygen atoms in total. The zero-order valence-corrected chi connectivity index (χ0v) is 26.1. The highest BCUT2D eigenvalue weighted by atomic mass is 32.1. The first-order chi connectivity index (χ1) is 20.7. The number of hydrogen-bond acceptors (Lipinski definition) is 7. The molecule has 5 N–H and O–H groups in total. The minimum atomic E-state index is -1.33. The average molecular weight is 612 g/mol. The lowest BCUT2D eigenvalue weighted by atomic mass is 9.89. The van der Waals surface area contributed by atoms with Gasteiger partial charge in [-0.1, -0.05) is 47.6 Å². The molecule has 1 aliphatic carbocycles. The fourth-order valence-electron chi connectivity index (χ4n) is 5.32. The topological polar surface area (TPSA) is 131 Å². The fraction of sp³-hybridized carbons (Fsp3) is 0.545. The predicted molar refractivity (Wildman–Crippen MR) is 168 cm³/mol. The normalized spacial score (nSPS) is 23.5. The molecule has 1 unspecified atom stereocenters. The number of aliphatic hydroxyl groups is 3. The number of ether oxygens (including phenoxy) is 1. The third kappa shape index (κ3) is 9.58. The summed E-state index contributed by atoms with van der Waals surface area (Å²) in [6.45, 7) is 3.45. The van der Waals surface area contributed by atoms with E-state index in [0.29, 0.717) is 31.8 Å². The van der Waals surface area contributed by atoms with Crippen molar-refractivity contribution in [1.29, 1.82) is 0 Å². The van der Waals surface area contributed by atoms with Gasteiger partial charge in [-0.15, -0.1) is 11.2 Å². The Hall–Kier alpha value is -2.82. The van der Waals surface area contributed by atoms with Gasteiger partial charge in [-0.05, 0) is 73.9 Å². The SMILES string of the molecule is CS#CC1O[C@@H](c2ccc(C)c(Cc3ccc(CCCC(=O)NCC(=O)NCCN(C)C4CC4)cc3)c2)[C@H](O)[C@@H](O)[C@@H]1O. The van der Waals surface area contributed by atoms with Crippen molar-refractivity contribution in [1.82, 2.24) is 15.5 Å². The lowest BCUT2D eigenvalue weighted by Crippen LogP contribution is -2.53. The highest BCUT2D eigenvalue weighted by molar-refractivity contribution is 7.87. The monoisotopic (exact) mass is 611 g/mol. The van der Waals surface area contributed by atoms with E-state index in [2.05, 4.69) is 52.0 Å². The maximum Gasteiger partial charge on any atom is 0.239 e. The largest absolute Gasteiger partial charge is 0.387 e. The quantitative estimate of drug-likeness (QED) is 0.234. The van der Waals surface area contributed by atoms with Gasteiger partial charge in [0.15, 0.2) is 0 Å². The Bertz CT molecular complexity index is 1310. The molecule has 2 fully saturated rings. The molecule has 43 heavy (non-hydrogen) atoms. The van der Waals surface area contributed by atoms with Crippen LogP contribution in [-0.2, 0) is 27.2 Å². The summed E-state index contributed by atoms with van der Waals surface area (Å²) in [4.78, 5) is 26.4. The zero-order valence-electron chi connectivity index (χ0n) is 25.3. The first-order valence-corrected chi connectivity index (χ1v) is 16.3. The zero-order chi connectivity index (χ0) is 30.9. The molecule has 10 heteroatoms. The summed E-state index contributed by atoms with van der Waals surface area (Å²) in [5.74, 6) is -0.286. The van der Waals surface area contributed by atoms with Crippen molar-refractivity contribution in [2.45, 2.75) is 82.0 Å². The Morgan fingerprint density at radius 2 is 1.72 bits per heavy atom. The van der Waals surface area contributed by atoms with E-state index in [4.69, 9.17) is 4.74 Å². The van der Waals surface area contributed by atoms with E-state index >= 15 is 0 Å². The second-order valence-electron chi connectivity index (χ2n) is 11.6. The number of likely N-dealkylation sites (N-methyl/N-ethyl adjacent to an activating group) is 1. The number of aryl methyl sites for hydroxylation is 2. The fourth-order valence-corrected chi connectivity index (χ4v) is 5.75. The Morgan fingerprint density at radius 1 is 1.00 bits per heavy atom. The van der Waals surface area contributed by atoms with Crippen LogP contribution in [-0.4, -0.2) is 95.4 Å². The lowest BCUT2D eigenvalue weighted by molar-refractivity contribution is -0.209. The number of benzene rings is 2. The molecule has 0 radical (unpaired) electrons. The molecule has 5 atom stereocenters. The number of aliphatic hydroxyl groups excluding tert-OH is 3. The van der Waals surface area contributed by atoms with Crippen molar-refractivity contribution in [3.05, 3.63) is 70.3 Å². The van der Waals surface area contributed by atoms with Gasteiger partial charge in [-0.3, -0.25) is 9.59 Å².